The minimum absolute atomic E-state index is 0.476. The lowest BCUT2D eigenvalue weighted by Crippen LogP contribution is -2.39. The second-order valence-electron chi connectivity index (χ2n) is 6.07. The molecule has 0 atom stereocenters. The molecule has 0 amide bonds. The first-order chi connectivity index (χ1) is 9.25. The van der Waals surface area contributed by atoms with Gasteiger partial charge in [0.15, 0.2) is 0 Å². The van der Waals surface area contributed by atoms with Crippen molar-refractivity contribution < 1.29 is 5.11 Å². The molecular formula is C15H24N2OS. The first-order valence-electron chi connectivity index (χ1n) is 7.66. The summed E-state index contributed by atoms with van der Waals surface area (Å²) in [6, 6.07) is 0. The largest absolute Gasteiger partial charge is 0.389 e. The van der Waals surface area contributed by atoms with E-state index in [9.17, 15) is 5.11 Å². The standard InChI is InChI=1S/C15H24N2OS/c18-15(8-3-1-2-4-9-15)11-16-10-14-17-12-6-5-7-13(12)19-14/h16,18H,1-11H2. The van der Waals surface area contributed by atoms with Gasteiger partial charge in [-0.25, -0.2) is 4.98 Å². The molecule has 1 aromatic heterocycles. The maximum absolute atomic E-state index is 10.6. The van der Waals surface area contributed by atoms with Gasteiger partial charge in [-0.2, -0.15) is 0 Å². The topological polar surface area (TPSA) is 45.1 Å². The number of aryl methyl sites for hydroxylation is 2. The fraction of sp³-hybridized carbons (Fsp3) is 0.800. The molecule has 0 aromatic carbocycles. The predicted molar refractivity (Wildman–Crippen MR) is 78.5 cm³/mol. The van der Waals surface area contributed by atoms with E-state index in [1.165, 1.54) is 54.1 Å². The lowest BCUT2D eigenvalue weighted by atomic mass is 9.94. The lowest BCUT2D eigenvalue weighted by Gasteiger charge is -2.26. The first kappa shape index (κ1) is 13.5. The summed E-state index contributed by atoms with van der Waals surface area (Å²) < 4.78 is 0. The number of fused-ring (bicyclic) bond motifs is 1. The van der Waals surface area contributed by atoms with Crippen molar-refractivity contribution in [3.63, 3.8) is 0 Å². The van der Waals surface area contributed by atoms with Crippen LogP contribution in [0.5, 0.6) is 0 Å². The van der Waals surface area contributed by atoms with Crippen LogP contribution in [0.15, 0.2) is 0 Å². The van der Waals surface area contributed by atoms with Crippen LogP contribution in [0.25, 0.3) is 0 Å². The molecule has 0 saturated heterocycles. The van der Waals surface area contributed by atoms with Gasteiger partial charge < -0.3 is 10.4 Å². The Bertz CT molecular complexity index is 400. The van der Waals surface area contributed by atoms with Gasteiger partial charge in [-0.05, 0) is 32.1 Å². The third-order valence-corrected chi connectivity index (χ3v) is 5.56. The molecular weight excluding hydrogens is 256 g/mol. The van der Waals surface area contributed by atoms with Crippen molar-refractivity contribution in [3.8, 4) is 0 Å². The molecule has 0 radical (unpaired) electrons. The van der Waals surface area contributed by atoms with Gasteiger partial charge in [0.05, 0.1) is 11.3 Å². The van der Waals surface area contributed by atoms with Gasteiger partial charge in [0.25, 0.3) is 0 Å². The Morgan fingerprint density at radius 2 is 1.89 bits per heavy atom. The summed E-state index contributed by atoms with van der Waals surface area (Å²) in [4.78, 5) is 6.18. The monoisotopic (exact) mass is 280 g/mol. The fourth-order valence-corrected chi connectivity index (χ4v) is 4.41. The van der Waals surface area contributed by atoms with Crippen LogP contribution in [-0.4, -0.2) is 22.2 Å². The van der Waals surface area contributed by atoms with E-state index >= 15 is 0 Å². The number of aromatic nitrogens is 1. The molecule has 2 N–H and O–H groups in total. The van der Waals surface area contributed by atoms with Crippen LogP contribution in [0.1, 0.15) is 60.5 Å². The van der Waals surface area contributed by atoms with Gasteiger partial charge in [0.1, 0.15) is 5.01 Å². The summed E-state index contributed by atoms with van der Waals surface area (Å²) in [6.45, 7) is 1.54. The molecule has 0 spiro atoms. The van der Waals surface area contributed by atoms with Crippen molar-refractivity contribution in [1.82, 2.24) is 10.3 Å². The Kier molecular flexibility index (Phi) is 4.20. The fourth-order valence-electron chi connectivity index (χ4n) is 3.29. The number of aliphatic hydroxyl groups is 1. The van der Waals surface area contributed by atoms with Crippen LogP contribution in [0.3, 0.4) is 0 Å². The van der Waals surface area contributed by atoms with Crippen molar-refractivity contribution in [2.24, 2.45) is 0 Å². The molecule has 2 aliphatic carbocycles. The zero-order valence-electron chi connectivity index (χ0n) is 11.6. The Morgan fingerprint density at radius 1 is 1.11 bits per heavy atom. The van der Waals surface area contributed by atoms with Crippen LogP contribution in [0.4, 0.5) is 0 Å². The highest BCUT2D eigenvalue weighted by Crippen LogP contribution is 2.28. The highest BCUT2D eigenvalue weighted by Gasteiger charge is 2.27. The zero-order chi connectivity index (χ0) is 13.1. The number of thiazole rings is 1. The quantitative estimate of drug-likeness (QED) is 0.834. The minimum atomic E-state index is -0.476. The smallest absolute Gasteiger partial charge is 0.107 e. The second kappa shape index (κ2) is 5.90. The highest BCUT2D eigenvalue weighted by molar-refractivity contribution is 7.11. The average molecular weight is 280 g/mol. The molecule has 1 saturated carbocycles. The summed E-state index contributed by atoms with van der Waals surface area (Å²) >= 11 is 1.86. The molecule has 1 fully saturated rings. The van der Waals surface area contributed by atoms with Gasteiger partial charge in [-0.3, -0.25) is 0 Å². The zero-order valence-corrected chi connectivity index (χ0v) is 12.4. The summed E-state index contributed by atoms with van der Waals surface area (Å²) in [7, 11) is 0. The molecule has 1 aromatic rings. The number of nitrogens with one attached hydrogen (secondary N) is 1. The van der Waals surface area contributed by atoms with Crippen molar-refractivity contribution in [2.75, 3.05) is 6.54 Å². The Hall–Kier alpha value is -0.450. The lowest BCUT2D eigenvalue weighted by molar-refractivity contribution is 0.0250. The van der Waals surface area contributed by atoms with E-state index in [2.05, 4.69) is 10.3 Å². The van der Waals surface area contributed by atoms with E-state index in [1.54, 1.807) is 0 Å². The molecule has 3 nitrogen and oxygen atoms in total. The van der Waals surface area contributed by atoms with Crippen LogP contribution >= 0.6 is 11.3 Å². The highest BCUT2D eigenvalue weighted by atomic mass is 32.1. The molecule has 106 valence electrons. The minimum Gasteiger partial charge on any atom is -0.389 e. The maximum Gasteiger partial charge on any atom is 0.107 e. The number of hydrogen-bond donors (Lipinski definition) is 2. The Balaban J connectivity index is 1.49. The van der Waals surface area contributed by atoms with Crippen molar-refractivity contribution in [2.45, 2.75) is 69.9 Å². The van der Waals surface area contributed by atoms with E-state index in [4.69, 9.17) is 0 Å². The third-order valence-electron chi connectivity index (χ3n) is 4.40. The van der Waals surface area contributed by atoms with Crippen molar-refractivity contribution in [1.29, 1.82) is 0 Å². The van der Waals surface area contributed by atoms with Gasteiger partial charge in [-0.1, -0.05) is 25.7 Å². The summed E-state index contributed by atoms with van der Waals surface area (Å²) in [6.07, 6.45) is 10.5. The summed E-state index contributed by atoms with van der Waals surface area (Å²) in [5.41, 5.74) is 0.853. The SMILES string of the molecule is OC1(CNCc2nc3c(s2)CCC3)CCCCCC1. The number of hydrogen-bond acceptors (Lipinski definition) is 4. The number of rotatable bonds is 4. The molecule has 0 aliphatic heterocycles. The predicted octanol–water partition coefficient (Wildman–Crippen LogP) is 2.81. The van der Waals surface area contributed by atoms with Crippen LogP contribution < -0.4 is 5.32 Å². The van der Waals surface area contributed by atoms with E-state index < -0.39 is 5.60 Å². The molecule has 4 heteroatoms. The number of nitrogens with zero attached hydrogens (tertiary/aromatic N) is 1. The molecule has 3 rings (SSSR count). The molecule has 1 heterocycles. The van der Waals surface area contributed by atoms with E-state index in [0.29, 0.717) is 0 Å². The first-order valence-corrected chi connectivity index (χ1v) is 8.47. The van der Waals surface area contributed by atoms with Gasteiger partial charge in [-0.15, -0.1) is 11.3 Å². The van der Waals surface area contributed by atoms with Crippen molar-refractivity contribution in [3.05, 3.63) is 15.6 Å². The molecule has 0 unspecified atom stereocenters. The van der Waals surface area contributed by atoms with Gasteiger partial charge >= 0.3 is 0 Å². The van der Waals surface area contributed by atoms with Gasteiger partial charge in [0, 0.05) is 18.0 Å². The molecule has 0 bridgehead atoms. The summed E-state index contributed by atoms with van der Waals surface area (Å²) in [5, 5.41) is 15.2. The van der Waals surface area contributed by atoms with E-state index in [0.717, 1.165) is 32.4 Å². The van der Waals surface area contributed by atoms with E-state index in [-0.39, 0.29) is 0 Å². The average Bonchev–Trinajstić information content (AvgIpc) is 2.88. The molecule has 2 aliphatic rings. The Labute approximate surface area is 119 Å². The Morgan fingerprint density at radius 3 is 2.63 bits per heavy atom. The van der Waals surface area contributed by atoms with Crippen LogP contribution in [0, 0.1) is 0 Å². The van der Waals surface area contributed by atoms with E-state index in [1.807, 2.05) is 11.3 Å². The second-order valence-corrected chi connectivity index (χ2v) is 7.24. The van der Waals surface area contributed by atoms with Crippen LogP contribution in [-0.2, 0) is 19.4 Å². The van der Waals surface area contributed by atoms with Crippen LogP contribution in [0.2, 0.25) is 0 Å². The summed E-state index contributed by atoms with van der Waals surface area (Å²) in [5.74, 6) is 0. The normalized spacial score (nSPS) is 22.2. The maximum atomic E-state index is 10.6. The van der Waals surface area contributed by atoms with Gasteiger partial charge in [0.2, 0.25) is 0 Å². The third kappa shape index (κ3) is 3.36. The van der Waals surface area contributed by atoms with Crippen molar-refractivity contribution >= 4 is 11.3 Å². The molecule has 19 heavy (non-hydrogen) atoms.